The van der Waals surface area contributed by atoms with E-state index in [0.29, 0.717) is 18.6 Å². The van der Waals surface area contributed by atoms with Crippen molar-refractivity contribution in [3.05, 3.63) is 23.8 Å². The fourth-order valence-corrected chi connectivity index (χ4v) is 1.78. The van der Waals surface area contributed by atoms with Gasteiger partial charge in [-0.2, -0.15) is 0 Å². The van der Waals surface area contributed by atoms with Crippen molar-refractivity contribution in [2.75, 3.05) is 11.9 Å². The second kappa shape index (κ2) is 4.86. The highest BCUT2D eigenvalue weighted by atomic mass is 16.5. The molecule has 1 aliphatic rings. The van der Waals surface area contributed by atoms with E-state index in [1.165, 1.54) is 0 Å². The Labute approximate surface area is 98.4 Å². The number of carbonyl (C=O) groups is 2. The molecule has 1 aromatic rings. The molecule has 0 unspecified atom stereocenters. The monoisotopic (exact) mass is 235 g/mol. The number of anilines is 1. The van der Waals surface area contributed by atoms with Crippen LogP contribution in [0.1, 0.15) is 18.4 Å². The van der Waals surface area contributed by atoms with Crippen molar-refractivity contribution in [3.8, 4) is 5.75 Å². The van der Waals surface area contributed by atoms with Gasteiger partial charge < -0.3 is 15.2 Å². The second-order valence-electron chi connectivity index (χ2n) is 3.82. The average Bonchev–Trinajstić information content (AvgIpc) is 2.28. The number of nitrogens with one attached hydrogen (secondary N) is 1. The summed E-state index contributed by atoms with van der Waals surface area (Å²) in [6, 6.07) is 5.38. The number of hydrogen-bond acceptors (Lipinski definition) is 3. The van der Waals surface area contributed by atoms with Gasteiger partial charge in [0.2, 0.25) is 5.91 Å². The van der Waals surface area contributed by atoms with Gasteiger partial charge in [-0.05, 0) is 18.6 Å². The molecule has 1 amide bonds. The zero-order chi connectivity index (χ0) is 12.3. The summed E-state index contributed by atoms with van der Waals surface area (Å²) in [4.78, 5) is 21.6. The Hall–Kier alpha value is -2.04. The van der Waals surface area contributed by atoms with E-state index in [1.807, 2.05) is 6.07 Å². The fourth-order valence-electron chi connectivity index (χ4n) is 1.78. The summed E-state index contributed by atoms with van der Waals surface area (Å²) in [5.41, 5.74) is 1.70. The van der Waals surface area contributed by atoms with Gasteiger partial charge in [0.1, 0.15) is 5.75 Å². The quantitative estimate of drug-likeness (QED) is 0.827. The summed E-state index contributed by atoms with van der Waals surface area (Å²) in [5.74, 6) is -0.230. The third-order valence-electron chi connectivity index (χ3n) is 2.58. The normalized spacial score (nSPS) is 13.8. The van der Waals surface area contributed by atoms with E-state index in [-0.39, 0.29) is 18.9 Å². The topological polar surface area (TPSA) is 75.6 Å². The summed E-state index contributed by atoms with van der Waals surface area (Å²) in [7, 11) is 0. The van der Waals surface area contributed by atoms with E-state index in [4.69, 9.17) is 9.84 Å². The van der Waals surface area contributed by atoms with E-state index in [1.54, 1.807) is 12.1 Å². The molecule has 17 heavy (non-hydrogen) atoms. The van der Waals surface area contributed by atoms with Crippen LogP contribution in [-0.4, -0.2) is 23.6 Å². The van der Waals surface area contributed by atoms with Crippen LogP contribution in [0.15, 0.2) is 18.2 Å². The summed E-state index contributed by atoms with van der Waals surface area (Å²) in [6.45, 7) is 0.139. The zero-order valence-corrected chi connectivity index (χ0v) is 9.23. The molecule has 0 fully saturated rings. The first-order valence-corrected chi connectivity index (χ1v) is 5.43. The van der Waals surface area contributed by atoms with Crippen molar-refractivity contribution >= 4 is 17.6 Å². The van der Waals surface area contributed by atoms with Gasteiger partial charge in [-0.1, -0.05) is 6.07 Å². The van der Waals surface area contributed by atoms with Gasteiger partial charge in [0.25, 0.3) is 0 Å². The van der Waals surface area contributed by atoms with E-state index >= 15 is 0 Å². The number of ether oxygens (including phenoxy) is 1. The van der Waals surface area contributed by atoms with E-state index in [9.17, 15) is 9.59 Å². The molecule has 2 rings (SSSR count). The fraction of sp³-hybridized carbons (Fsp3) is 0.333. The molecule has 5 heteroatoms. The number of amides is 1. The molecule has 1 heterocycles. The molecular weight excluding hydrogens is 222 g/mol. The lowest BCUT2D eigenvalue weighted by atomic mass is 10.0. The first-order chi connectivity index (χ1) is 8.16. The van der Waals surface area contributed by atoms with Crippen molar-refractivity contribution in [1.29, 1.82) is 0 Å². The molecule has 0 aromatic heterocycles. The molecule has 0 radical (unpaired) electrons. The minimum Gasteiger partial charge on any atom is -0.493 e. The van der Waals surface area contributed by atoms with Crippen LogP contribution in [0.2, 0.25) is 0 Å². The minimum atomic E-state index is -0.886. The lowest BCUT2D eigenvalue weighted by Gasteiger charge is -2.19. The van der Waals surface area contributed by atoms with Crippen molar-refractivity contribution in [2.45, 2.75) is 19.3 Å². The van der Waals surface area contributed by atoms with Gasteiger partial charge in [0.15, 0.2) is 0 Å². The second-order valence-corrected chi connectivity index (χ2v) is 3.82. The molecule has 5 nitrogen and oxygen atoms in total. The minimum absolute atomic E-state index is 0.000172. The first kappa shape index (κ1) is 11.4. The van der Waals surface area contributed by atoms with Gasteiger partial charge in [-0.25, -0.2) is 0 Å². The molecule has 1 aliphatic heterocycles. The third-order valence-corrected chi connectivity index (χ3v) is 2.58. The van der Waals surface area contributed by atoms with Crippen molar-refractivity contribution < 1.29 is 19.4 Å². The highest BCUT2D eigenvalue weighted by molar-refractivity contribution is 5.94. The van der Waals surface area contributed by atoms with Gasteiger partial charge in [0, 0.05) is 17.7 Å². The number of benzene rings is 1. The maximum absolute atomic E-state index is 11.2. The predicted octanol–water partition coefficient (Wildman–Crippen LogP) is 1.42. The van der Waals surface area contributed by atoms with Gasteiger partial charge in [-0.3, -0.25) is 9.59 Å². The van der Waals surface area contributed by atoms with Crippen LogP contribution in [0.25, 0.3) is 0 Å². The Kier molecular flexibility index (Phi) is 3.27. The van der Waals surface area contributed by atoms with Crippen LogP contribution in [-0.2, 0) is 16.0 Å². The third kappa shape index (κ3) is 2.75. The number of aliphatic carboxylic acids is 1. The molecule has 0 saturated carbocycles. The number of carbonyl (C=O) groups excluding carboxylic acids is 1. The molecule has 2 N–H and O–H groups in total. The molecule has 90 valence electrons. The molecule has 0 aliphatic carbocycles. The van der Waals surface area contributed by atoms with Crippen LogP contribution < -0.4 is 10.1 Å². The predicted molar refractivity (Wildman–Crippen MR) is 61.1 cm³/mol. The summed E-state index contributed by atoms with van der Waals surface area (Å²) in [6.07, 6.45) is 1.03. The Balaban J connectivity index is 2.10. The Morgan fingerprint density at radius 3 is 3.00 bits per heavy atom. The first-order valence-electron chi connectivity index (χ1n) is 5.43. The molecule has 0 atom stereocenters. The highest BCUT2D eigenvalue weighted by Crippen LogP contribution is 2.30. The number of carboxylic acid groups (broad SMARTS) is 1. The summed E-state index contributed by atoms with van der Waals surface area (Å²) >= 11 is 0. The van der Waals surface area contributed by atoms with Crippen molar-refractivity contribution in [3.63, 3.8) is 0 Å². The molecule has 1 aromatic carbocycles. The zero-order valence-electron chi connectivity index (χ0n) is 9.23. The SMILES string of the molecule is O=C(O)CCOc1cccc2c1CCC(=O)N2. The molecule has 0 spiro atoms. The number of carboxylic acids is 1. The van der Waals surface area contributed by atoms with Gasteiger partial charge in [-0.15, -0.1) is 0 Å². The van der Waals surface area contributed by atoms with Gasteiger partial charge in [0.05, 0.1) is 13.0 Å². The van der Waals surface area contributed by atoms with Gasteiger partial charge >= 0.3 is 5.97 Å². The highest BCUT2D eigenvalue weighted by Gasteiger charge is 2.18. The van der Waals surface area contributed by atoms with Crippen LogP contribution in [0.3, 0.4) is 0 Å². The lowest BCUT2D eigenvalue weighted by molar-refractivity contribution is -0.137. The summed E-state index contributed by atoms with van der Waals surface area (Å²) < 4.78 is 5.42. The Morgan fingerprint density at radius 2 is 2.24 bits per heavy atom. The van der Waals surface area contributed by atoms with Crippen molar-refractivity contribution in [2.24, 2.45) is 0 Å². The largest absolute Gasteiger partial charge is 0.493 e. The van der Waals surface area contributed by atoms with Crippen LogP contribution in [0, 0.1) is 0 Å². The molecule has 0 bridgehead atoms. The van der Waals surface area contributed by atoms with E-state index in [2.05, 4.69) is 5.32 Å². The van der Waals surface area contributed by atoms with Crippen LogP contribution in [0.5, 0.6) is 5.75 Å². The number of hydrogen-bond donors (Lipinski definition) is 2. The Bertz CT molecular complexity index is 456. The smallest absolute Gasteiger partial charge is 0.306 e. The van der Waals surface area contributed by atoms with Crippen LogP contribution >= 0.6 is 0 Å². The Morgan fingerprint density at radius 1 is 1.41 bits per heavy atom. The maximum atomic E-state index is 11.2. The number of fused-ring (bicyclic) bond motifs is 1. The molecule has 0 saturated heterocycles. The molecular formula is C12H13NO4. The standard InChI is InChI=1S/C12H13NO4/c14-11-5-4-8-9(13-11)2-1-3-10(8)17-7-6-12(15)16/h1-3H,4-7H2,(H,13,14)(H,15,16). The summed E-state index contributed by atoms with van der Waals surface area (Å²) in [5, 5.41) is 11.3. The average molecular weight is 235 g/mol. The number of rotatable bonds is 4. The van der Waals surface area contributed by atoms with E-state index in [0.717, 1.165) is 11.3 Å². The maximum Gasteiger partial charge on any atom is 0.306 e. The van der Waals surface area contributed by atoms with Crippen LogP contribution in [0.4, 0.5) is 5.69 Å². The van der Waals surface area contributed by atoms with E-state index < -0.39 is 5.97 Å². The van der Waals surface area contributed by atoms with Crippen molar-refractivity contribution in [1.82, 2.24) is 0 Å². The lowest BCUT2D eigenvalue weighted by Crippen LogP contribution is -2.19.